The molecule has 1 saturated heterocycles. The summed E-state index contributed by atoms with van der Waals surface area (Å²) in [6.45, 7) is 0.418. The molecule has 11 heavy (non-hydrogen) atoms. The maximum atomic E-state index is 10.9. The maximum absolute atomic E-state index is 10.9. The van der Waals surface area contributed by atoms with E-state index in [1.54, 1.807) is 0 Å². The Balaban J connectivity index is 2.61. The van der Waals surface area contributed by atoms with E-state index in [0.29, 0.717) is 13.0 Å². The molecule has 1 rings (SSSR count). The Labute approximate surface area is 74.0 Å². The Morgan fingerprint density at radius 3 is 2.73 bits per heavy atom. The van der Waals surface area contributed by atoms with E-state index in [9.17, 15) is 9.59 Å². The standard InChI is InChI=1S/C6H7Cl2NO2/c7-3-1-4(5(8)10)6(11)9-2-3/h3-4H,1-2H2,(H,9,11). The highest BCUT2D eigenvalue weighted by Gasteiger charge is 2.31. The van der Waals surface area contributed by atoms with Crippen molar-refractivity contribution in [3.8, 4) is 0 Å². The van der Waals surface area contributed by atoms with E-state index in [1.807, 2.05) is 0 Å². The van der Waals surface area contributed by atoms with Gasteiger partial charge < -0.3 is 5.32 Å². The molecule has 0 radical (unpaired) electrons. The van der Waals surface area contributed by atoms with Gasteiger partial charge in [-0.15, -0.1) is 11.6 Å². The largest absolute Gasteiger partial charge is 0.354 e. The number of halogens is 2. The molecular formula is C6H7Cl2NO2. The molecule has 0 aromatic carbocycles. The van der Waals surface area contributed by atoms with Crippen LogP contribution in [0.2, 0.25) is 0 Å². The second kappa shape index (κ2) is 3.41. The summed E-state index contributed by atoms with van der Waals surface area (Å²) in [7, 11) is 0. The van der Waals surface area contributed by atoms with Crippen LogP contribution >= 0.6 is 23.2 Å². The molecule has 1 fully saturated rings. The first-order chi connectivity index (χ1) is 5.11. The summed E-state index contributed by atoms with van der Waals surface area (Å²) in [6, 6.07) is 0. The first-order valence-corrected chi connectivity index (χ1v) is 4.04. The van der Waals surface area contributed by atoms with Gasteiger partial charge in [-0.1, -0.05) is 0 Å². The van der Waals surface area contributed by atoms with Gasteiger partial charge in [-0.25, -0.2) is 0 Å². The van der Waals surface area contributed by atoms with Gasteiger partial charge in [0.05, 0.1) is 5.38 Å². The first kappa shape index (κ1) is 8.81. The molecule has 0 aromatic heterocycles. The van der Waals surface area contributed by atoms with Crippen LogP contribution in [0.4, 0.5) is 0 Å². The van der Waals surface area contributed by atoms with Crippen molar-refractivity contribution >= 4 is 34.4 Å². The fourth-order valence-electron chi connectivity index (χ4n) is 0.976. The summed E-state index contributed by atoms with van der Waals surface area (Å²) in [4.78, 5) is 21.5. The summed E-state index contributed by atoms with van der Waals surface area (Å²) in [5.74, 6) is -1.07. The van der Waals surface area contributed by atoms with E-state index >= 15 is 0 Å². The van der Waals surface area contributed by atoms with Gasteiger partial charge in [0.1, 0.15) is 5.92 Å². The fraction of sp³-hybridized carbons (Fsp3) is 0.667. The number of alkyl halides is 1. The molecule has 2 unspecified atom stereocenters. The number of rotatable bonds is 1. The van der Waals surface area contributed by atoms with E-state index < -0.39 is 11.2 Å². The topological polar surface area (TPSA) is 46.2 Å². The van der Waals surface area contributed by atoms with Crippen LogP contribution in [-0.4, -0.2) is 23.1 Å². The average Bonchev–Trinajstić information content (AvgIpc) is 1.94. The number of carbonyl (C=O) groups excluding carboxylic acids is 2. The summed E-state index contributed by atoms with van der Waals surface area (Å²) in [6.07, 6.45) is 0.343. The molecule has 1 amide bonds. The smallest absolute Gasteiger partial charge is 0.234 e. The Kier molecular flexibility index (Phi) is 2.73. The summed E-state index contributed by atoms with van der Waals surface area (Å²) in [5, 5.41) is 1.68. The van der Waals surface area contributed by atoms with Crippen LogP contribution in [0.5, 0.6) is 0 Å². The molecule has 0 bridgehead atoms. The predicted octanol–water partition coefficient (Wildman–Crippen LogP) is 0.495. The Bertz CT molecular complexity index is 195. The van der Waals surface area contributed by atoms with Crippen molar-refractivity contribution in [1.29, 1.82) is 0 Å². The number of nitrogens with one attached hydrogen (secondary N) is 1. The molecule has 1 heterocycles. The third-order valence-electron chi connectivity index (χ3n) is 1.58. The highest BCUT2D eigenvalue weighted by Crippen LogP contribution is 2.18. The van der Waals surface area contributed by atoms with Crippen LogP contribution in [0, 0.1) is 5.92 Å². The lowest BCUT2D eigenvalue weighted by molar-refractivity contribution is -0.131. The highest BCUT2D eigenvalue weighted by atomic mass is 35.5. The molecule has 1 aliphatic heterocycles. The third-order valence-corrected chi connectivity index (χ3v) is 2.18. The second-order valence-electron chi connectivity index (χ2n) is 2.43. The Hall–Kier alpha value is -0.280. The van der Waals surface area contributed by atoms with Crippen molar-refractivity contribution in [3.05, 3.63) is 0 Å². The SMILES string of the molecule is O=C(Cl)C1CC(Cl)CNC1=O. The number of amides is 1. The molecule has 3 nitrogen and oxygen atoms in total. The number of piperidine rings is 1. The van der Waals surface area contributed by atoms with Gasteiger partial charge in [-0.05, 0) is 18.0 Å². The molecule has 62 valence electrons. The van der Waals surface area contributed by atoms with Gasteiger partial charge in [0.25, 0.3) is 0 Å². The van der Waals surface area contributed by atoms with Crippen molar-refractivity contribution in [2.45, 2.75) is 11.8 Å². The van der Waals surface area contributed by atoms with Crippen molar-refractivity contribution < 1.29 is 9.59 Å². The molecule has 2 atom stereocenters. The van der Waals surface area contributed by atoms with Gasteiger partial charge >= 0.3 is 0 Å². The van der Waals surface area contributed by atoms with Gasteiger partial charge in [0.2, 0.25) is 11.1 Å². The predicted molar refractivity (Wildman–Crippen MR) is 41.6 cm³/mol. The zero-order valence-corrected chi connectivity index (χ0v) is 7.15. The molecular weight excluding hydrogens is 189 g/mol. The van der Waals surface area contributed by atoms with Crippen LogP contribution in [-0.2, 0) is 9.59 Å². The van der Waals surface area contributed by atoms with Crippen molar-refractivity contribution in [2.75, 3.05) is 6.54 Å². The first-order valence-electron chi connectivity index (χ1n) is 3.22. The van der Waals surface area contributed by atoms with Crippen LogP contribution < -0.4 is 5.32 Å². The van der Waals surface area contributed by atoms with Crippen LogP contribution in [0.15, 0.2) is 0 Å². The van der Waals surface area contributed by atoms with Gasteiger partial charge in [0.15, 0.2) is 0 Å². The van der Waals surface area contributed by atoms with Crippen molar-refractivity contribution in [3.63, 3.8) is 0 Å². The molecule has 1 aliphatic rings. The van der Waals surface area contributed by atoms with Gasteiger partial charge in [-0.2, -0.15) is 0 Å². The Morgan fingerprint density at radius 1 is 1.64 bits per heavy atom. The number of hydrogen-bond acceptors (Lipinski definition) is 2. The number of hydrogen-bond donors (Lipinski definition) is 1. The zero-order valence-electron chi connectivity index (χ0n) is 5.64. The van der Waals surface area contributed by atoms with Crippen molar-refractivity contribution in [1.82, 2.24) is 5.32 Å². The molecule has 0 spiro atoms. The molecule has 0 aromatic rings. The molecule has 1 N–H and O–H groups in total. The third kappa shape index (κ3) is 2.07. The lowest BCUT2D eigenvalue weighted by atomic mass is 10.00. The van der Waals surface area contributed by atoms with E-state index in [0.717, 1.165) is 0 Å². The summed E-state index contributed by atoms with van der Waals surface area (Å²) in [5.41, 5.74) is 0. The maximum Gasteiger partial charge on any atom is 0.234 e. The quantitative estimate of drug-likeness (QED) is 0.377. The second-order valence-corrected chi connectivity index (χ2v) is 3.42. The van der Waals surface area contributed by atoms with Gasteiger partial charge in [-0.3, -0.25) is 9.59 Å². The lowest BCUT2D eigenvalue weighted by Gasteiger charge is -2.22. The monoisotopic (exact) mass is 195 g/mol. The normalized spacial score (nSPS) is 31.3. The van der Waals surface area contributed by atoms with Crippen LogP contribution in [0.25, 0.3) is 0 Å². The average molecular weight is 196 g/mol. The Morgan fingerprint density at radius 2 is 2.27 bits per heavy atom. The van der Waals surface area contributed by atoms with Gasteiger partial charge in [0, 0.05) is 6.54 Å². The summed E-state index contributed by atoms with van der Waals surface area (Å²) < 4.78 is 0. The van der Waals surface area contributed by atoms with Crippen molar-refractivity contribution in [2.24, 2.45) is 5.92 Å². The fourth-order valence-corrected chi connectivity index (χ4v) is 1.42. The van der Waals surface area contributed by atoms with E-state index in [4.69, 9.17) is 23.2 Å². The van der Waals surface area contributed by atoms with Crippen LogP contribution in [0.3, 0.4) is 0 Å². The number of carbonyl (C=O) groups is 2. The minimum absolute atomic E-state index is 0.180. The highest BCUT2D eigenvalue weighted by molar-refractivity contribution is 6.65. The minimum atomic E-state index is -0.757. The molecule has 0 aliphatic carbocycles. The molecule has 5 heteroatoms. The van der Waals surface area contributed by atoms with E-state index in [-0.39, 0.29) is 11.3 Å². The molecule has 0 saturated carbocycles. The van der Waals surface area contributed by atoms with E-state index in [2.05, 4.69) is 5.32 Å². The zero-order chi connectivity index (χ0) is 8.43. The van der Waals surface area contributed by atoms with Crippen LogP contribution in [0.1, 0.15) is 6.42 Å². The summed E-state index contributed by atoms with van der Waals surface area (Å²) >= 11 is 10.9. The minimum Gasteiger partial charge on any atom is -0.354 e. The van der Waals surface area contributed by atoms with E-state index in [1.165, 1.54) is 0 Å². The lowest BCUT2D eigenvalue weighted by Crippen LogP contribution is -2.44.